The Hall–Kier alpha value is -3.51. The Kier molecular flexibility index (Phi) is 5.75. The van der Waals surface area contributed by atoms with Gasteiger partial charge in [0.05, 0.1) is 10.6 Å². The molecule has 186 valence electrons. The number of aryl methyl sites for hydroxylation is 1. The number of carbonyl (C=O) groups is 1. The van der Waals surface area contributed by atoms with Crippen molar-refractivity contribution in [1.82, 2.24) is 9.97 Å². The van der Waals surface area contributed by atoms with Crippen LogP contribution in [0.3, 0.4) is 0 Å². The van der Waals surface area contributed by atoms with Gasteiger partial charge in [-0.25, -0.2) is 18.4 Å². The summed E-state index contributed by atoms with van der Waals surface area (Å²) in [6.45, 7) is 3.25. The number of sulfonamides is 1. The van der Waals surface area contributed by atoms with Gasteiger partial charge in [0.1, 0.15) is 15.4 Å². The number of halogens is 3. The molecule has 3 heterocycles. The zero-order chi connectivity index (χ0) is 25.8. The SMILES string of the molecule is Cc1cc(-c2nc3cccnc3s2)ccc1NS(=O)(=O)c1ccc2c(c1)CC(C)N2C(=O)C(F)(F)F. The van der Waals surface area contributed by atoms with Crippen molar-refractivity contribution < 1.29 is 26.4 Å². The summed E-state index contributed by atoms with van der Waals surface area (Å²) in [5, 5.41) is 0.756. The molecule has 7 nitrogen and oxygen atoms in total. The van der Waals surface area contributed by atoms with Crippen LogP contribution in [0.5, 0.6) is 0 Å². The predicted molar refractivity (Wildman–Crippen MR) is 132 cm³/mol. The molecule has 0 aliphatic carbocycles. The molecule has 1 unspecified atom stereocenters. The molecule has 2 aromatic heterocycles. The van der Waals surface area contributed by atoms with E-state index < -0.39 is 28.1 Å². The molecular formula is C24H19F3N4O3S2. The minimum atomic E-state index is -5.02. The fourth-order valence-electron chi connectivity index (χ4n) is 4.23. The molecule has 1 amide bonds. The molecule has 2 aromatic carbocycles. The number of nitrogens with zero attached hydrogens (tertiary/aromatic N) is 3. The lowest BCUT2D eigenvalue weighted by atomic mass is 10.1. The molecule has 0 spiro atoms. The molecule has 4 aromatic rings. The van der Waals surface area contributed by atoms with Crippen molar-refractivity contribution in [3.8, 4) is 10.6 Å². The number of anilines is 2. The number of nitrogens with one attached hydrogen (secondary N) is 1. The summed E-state index contributed by atoms with van der Waals surface area (Å²) in [6.07, 6.45) is -3.21. The van der Waals surface area contributed by atoms with Crippen molar-refractivity contribution in [1.29, 1.82) is 0 Å². The van der Waals surface area contributed by atoms with Gasteiger partial charge in [0, 0.05) is 23.5 Å². The number of thiazole rings is 1. The molecule has 0 saturated heterocycles. The molecule has 0 bridgehead atoms. The van der Waals surface area contributed by atoms with Gasteiger partial charge in [-0.2, -0.15) is 13.2 Å². The summed E-state index contributed by atoms with van der Waals surface area (Å²) in [7, 11) is -4.04. The van der Waals surface area contributed by atoms with Gasteiger partial charge in [-0.15, -0.1) is 0 Å². The molecule has 0 fully saturated rings. The first-order valence-electron chi connectivity index (χ1n) is 10.8. The van der Waals surface area contributed by atoms with Gasteiger partial charge in [0.15, 0.2) is 0 Å². The topological polar surface area (TPSA) is 92.3 Å². The van der Waals surface area contributed by atoms with E-state index in [0.717, 1.165) is 20.9 Å². The molecule has 1 aliphatic rings. The van der Waals surface area contributed by atoms with Gasteiger partial charge in [0.2, 0.25) is 0 Å². The lowest BCUT2D eigenvalue weighted by molar-refractivity contribution is -0.170. The number of aromatic nitrogens is 2. The first-order valence-corrected chi connectivity index (χ1v) is 13.1. The van der Waals surface area contributed by atoms with E-state index in [4.69, 9.17) is 0 Å². The fourth-order valence-corrected chi connectivity index (χ4v) is 6.31. The Labute approximate surface area is 208 Å². The summed E-state index contributed by atoms with van der Waals surface area (Å²) in [6, 6.07) is 11.9. The predicted octanol–water partition coefficient (Wildman–Crippen LogP) is 5.31. The molecule has 1 N–H and O–H groups in total. The molecular weight excluding hydrogens is 513 g/mol. The maximum absolute atomic E-state index is 13.1. The third kappa shape index (κ3) is 4.30. The minimum absolute atomic E-state index is 0.0645. The Morgan fingerprint density at radius 2 is 1.94 bits per heavy atom. The summed E-state index contributed by atoms with van der Waals surface area (Å²) >= 11 is 1.43. The van der Waals surface area contributed by atoms with Gasteiger partial charge in [-0.1, -0.05) is 11.3 Å². The van der Waals surface area contributed by atoms with E-state index in [9.17, 15) is 26.4 Å². The molecule has 36 heavy (non-hydrogen) atoms. The number of hydrogen-bond donors (Lipinski definition) is 1. The second-order valence-corrected chi connectivity index (χ2v) is 11.2. The number of amides is 1. The second kappa shape index (κ2) is 8.56. The first kappa shape index (κ1) is 24.2. The van der Waals surface area contributed by atoms with Crippen LogP contribution in [0.25, 0.3) is 20.9 Å². The van der Waals surface area contributed by atoms with Crippen LogP contribution in [0.1, 0.15) is 18.1 Å². The lowest BCUT2D eigenvalue weighted by Crippen LogP contribution is -2.44. The number of alkyl halides is 3. The number of carbonyl (C=O) groups excluding carboxylic acids is 1. The van der Waals surface area contributed by atoms with Crippen LogP contribution in [0.4, 0.5) is 24.5 Å². The van der Waals surface area contributed by atoms with Gasteiger partial charge < -0.3 is 4.90 Å². The van der Waals surface area contributed by atoms with Gasteiger partial charge >= 0.3 is 12.1 Å². The Balaban J connectivity index is 1.40. The third-order valence-corrected chi connectivity index (χ3v) is 8.31. The van der Waals surface area contributed by atoms with Gasteiger partial charge in [-0.3, -0.25) is 9.52 Å². The smallest absolute Gasteiger partial charge is 0.301 e. The molecule has 0 saturated carbocycles. The Morgan fingerprint density at radius 3 is 2.64 bits per heavy atom. The van der Waals surface area contributed by atoms with Crippen molar-refractivity contribution in [3.05, 3.63) is 65.9 Å². The summed E-state index contributed by atoms with van der Waals surface area (Å²) in [4.78, 5) is 22.1. The van der Waals surface area contributed by atoms with E-state index in [1.54, 1.807) is 31.3 Å². The van der Waals surface area contributed by atoms with E-state index in [2.05, 4.69) is 14.7 Å². The highest BCUT2D eigenvalue weighted by atomic mass is 32.2. The number of hydrogen-bond acceptors (Lipinski definition) is 6. The largest absolute Gasteiger partial charge is 0.471 e. The normalized spacial score (nSPS) is 15.8. The maximum Gasteiger partial charge on any atom is 0.471 e. The standard InChI is InChI=1S/C24H19F3N4O3S2/c1-13-10-15(21-29-19-4-3-9-28-22(19)35-21)5-7-18(13)30-36(33,34)17-6-8-20-16(12-17)11-14(2)31(20)23(32)24(25,26)27/h3-10,12,14,30H,11H2,1-2H3. The summed E-state index contributed by atoms with van der Waals surface area (Å²) < 4.78 is 67.7. The monoisotopic (exact) mass is 532 g/mol. The van der Waals surface area contributed by atoms with Crippen LogP contribution in [0, 0.1) is 6.92 Å². The number of fused-ring (bicyclic) bond motifs is 2. The molecule has 0 radical (unpaired) electrons. The van der Waals surface area contributed by atoms with Crippen molar-refractivity contribution in [2.45, 2.75) is 37.4 Å². The van der Waals surface area contributed by atoms with Crippen LogP contribution < -0.4 is 9.62 Å². The minimum Gasteiger partial charge on any atom is -0.301 e. The average molecular weight is 533 g/mol. The molecule has 5 rings (SSSR count). The third-order valence-electron chi connectivity index (χ3n) is 5.92. The van der Waals surface area contributed by atoms with Crippen molar-refractivity contribution in [3.63, 3.8) is 0 Å². The average Bonchev–Trinajstić information content (AvgIpc) is 3.39. The van der Waals surface area contributed by atoms with E-state index in [0.29, 0.717) is 21.7 Å². The lowest BCUT2D eigenvalue weighted by Gasteiger charge is -2.23. The quantitative estimate of drug-likeness (QED) is 0.385. The Bertz CT molecular complexity index is 1580. The van der Waals surface area contributed by atoms with Crippen molar-refractivity contribution >= 4 is 49.0 Å². The summed E-state index contributed by atoms with van der Waals surface area (Å²) in [5.41, 5.74) is 3.05. The number of rotatable bonds is 4. The van der Waals surface area contributed by atoms with E-state index in [-0.39, 0.29) is 17.0 Å². The Morgan fingerprint density at radius 1 is 1.17 bits per heavy atom. The number of benzene rings is 2. The maximum atomic E-state index is 13.1. The fraction of sp³-hybridized carbons (Fsp3) is 0.208. The van der Waals surface area contributed by atoms with E-state index >= 15 is 0 Å². The van der Waals surface area contributed by atoms with E-state index in [1.165, 1.54) is 36.5 Å². The second-order valence-electron chi connectivity index (χ2n) is 8.50. The van der Waals surface area contributed by atoms with Gasteiger partial charge in [0.25, 0.3) is 10.0 Å². The van der Waals surface area contributed by atoms with Crippen LogP contribution in [0.15, 0.2) is 59.6 Å². The first-order chi connectivity index (χ1) is 16.9. The van der Waals surface area contributed by atoms with Gasteiger partial charge in [-0.05, 0) is 79.9 Å². The van der Waals surface area contributed by atoms with Crippen molar-refractivity contribution in [2.75, 3.05) is 9.62 Å². The molecule has 12 heteroatoms. The van der Waals surface area contributed by atoms with Crippen molar-refractivity contribution in [2.24, 2.45) is 0 Å². The number of pyridine rings is 1. The highest BCUT2D eigenvalue weighted by Crippen LogP contribution is 2.37. The molecule has 1 atom stereocenters. The summed E-state index contributed by atoms with van der Waals surface area (Å²) in [5.74, 6) is -1.97. The molecule has 1 aliphatic heterocycles. The highest BCUT2D eigenvalue weighted by molar-refractivity contribution is 7.92. The highest BCUT2D eigenvalue weighted by Gasteiger charge is 2.47. The van der Waals surface area contributed by atoms with Crippen LogP contribution in [-0.2, 0) is 21.2 Å². The van der Waals surface area contributed by atoms with Crippen LogP contribution >= 0.6 is 11.3 Å². The zero-order valence-electron chi connectivity index (χ0n) is 19.0. The van der Waals surface area contributed by atoms with Crippen LogP contribution in [0.2, 0.25) is 0 Å². The van der Waals surface area contributed by atoms with Crippen LogP contribution in [-0.4, -0.2) is 36.5 Å². The zero-order valence-corrected chi connectivity index (χ0v) is 20.6. The van der Waals surface area contributed by atoms with E-state index in [1.807, 2.05) is 12.1 Å².